The van der Waals surface area contributed by atoms with Gasteiger partial charge in [0.1, 0.15) is 5.82 Å². The number of rotatable bonds is 2. The predicted octanol–water partition coefficient (Wildman–Crippen LogP) is 1.51. The van der Waals surface area contributed by atoms with Gasteiger partial charge in [-0.25, -0.2) is 0 Å². The van der Waals surface area contributed by atoms with E-state index in [1.807, 2.05) is 12.1 Å². The topological polar surface area (TPSA) is 68.0 Å². The average molecular weight is 232 g/mol. The van der Waals surface area contributed by atoms with Crippen LogP contribution in [0.25, 0.3) is 5.65 Å². The number of aromatic nitrogens is 5. The number of nitrogens with one attached hydrogen (secondary N) is 1. The first-order valence-corrected chi connectivity index (χ1v) is 5.94. The maximum absolute atomic E-state index is 4.32. The lowest BCUT2D eigenvalue weighted by Gasteiger charge is -2.17. The average Bonchev–Trinajstić information content (AvgIpc) is 2.84. The van der Waals surface area contributed by atoms with Crippen molar-refractivity contribution < 1.29 is 0 Å². The molecule has 2 aromatic heterocycles. The molecule has 0 saturated heterocycles. The fraction of sp³-hybridized carbons (Fsp3) is 0.636. The minimum atomic E-state index is 0.441. The smallest absolute Gasteiger partial charge is 0.200 e. The Kier molecular flexibility index (Phi) is 2.24. The summed E-state index contributed by atoms with van der Waals surface area (Å²) >= 11 is 0. The van der Waals surface area contributed by atoms with Crippen LogP contribution in [-0.4, -0.2) is 31.3 Å². The molecule has 6 nitrogen and oxygen atoms in total. The van der Waals surface area contributed by atoms with Gasteiger partial charge in [0.2, 0.25) is 0 Å². The van der Waals surface area contributed by atoms with E-state index in [4.69, 9.17) is 0 Å². The van der Waals surface area contributed by atoms with Crippen molar-refractivity contribution in [1.29, 1.82) is 0 Å². The molecule has 1 aliphatic rings. The Morgan fingerprint density at radius 1 is 1.41 bits per heavy atom. The van der Waals surface area contributed by atoms with E-state index in [0.29, 0.717) is 17.1 Å². The summed E-state index contributed by atoms with van der Waals surface area (Å²) in [7, 11) is 0. The lowest BCUT2D eigenvalue weighted by molar-refractivity contribution is 0.378. The molecule has 1 N–H and O–H groups in total. The van der Waals surface area contributed by atoms with Crippen LogP contribution >= 0.6 is 0 Å². The van der Waals surface area contributed by atoms with E-state index < -0.39 is 0 Å². The minimum Gasteiger partial charge on any atom is -0.366 e. The monoisotopic (exact) mass is 232 g/mol. The zero-order valence-corrected chi connectivity index (χ0v) is 10.1. The van der Waals surface area contributed by atoms with Gasteiger partial charge < -0.3 is 5.32 Å². The number of nitrogens with zero attached hydrogens (tertiary/aromatic N) is 5. The van der Waals surface area contributed by atoms with Gasteiger partial charge in [-0.3, -0.25) is 0 Å². The van der Waals surface area contributed by atoms with Gasteiger partial charge >= 0.3 is 0 Å². The van der Waals surface area contributed by atoms with Gasteiger partial charge in [-0.1, -0.05) is 13.8 Å². The number of tetrazole rings is 1. The molecular weight excluding hydrogens is 216 g/mol. The van der Waals surface area contributed by atoms with E-state index in [0.717, 1.165) is 5.82 Å². The zero-order chi connectivity index (χ0) is 11.9. The minimum absolute atomic E-state index is 0.441. The summed E-state index contributed by atoms with van der Waals surface area (Å²) in [6.45, 7) is 4.62. The third-order valence-electron chi connectivity index (χ3n) is 3.39. The molecule has 0 amide bonds. The Hall–Kier alpha value is -1.72. The second-order valence-corrected chi connectivity index (χ2v) is 5.49. The van der Waals surface area contributed by atoms with E-state index in [1.165, 1.54) is 23.9 Å². The molecule has 0 aromatic carbocycles. The van der Waals surface area contributed by atoms with Crippen LogP contribution in [0.2, 0.25) is 0 Å². The van der Waals surface area contributed by atoms with Gasteiger partial charge in [0.25, 0.3) is 0 Å². The van der Waals surface area contributed by atoms with Crippen molar-refractivity contribution in [2.24, 2.45) is 5.41 Å². The van der Waals surface area contributed by atoms with Crippen molar-refractivity contribution in [3.05, 3.63) is 12.1 Å². The van der Waals surface area contributed by atoms with Crippen LogP contribution in [0.3, 0.4) is 0 Å². The van der Waals surface area contributed by atoms with Crippen molar-refractivity contribution >= 4 is 11.5 Å². The SMILES string of the molecule is CC1(C)CCC(Nc2ccc3nnnn3n2)C1. The van der Waals surface area contributed by atoms with Gasteiger partial charge in [0, 0.05) is 6.04 Å². The van der Waals surface area contributed by atoms with Crippen LogP contribution in [-0.2, 0) is 0 Å². The summed E-state index contributed by atoms with van der Waals surface area (Å²) in [5.74, 6) is 0.840. The Bertz CT molecular complexity index is 531. The van der Waals surface area contributed by atoms with Gasteiger partial charge in [-0.2, -0.15) is 0 Å². The first kappa shape index (κ1) is 10.4. The van der Waals surface area contributed by atoms with Crippen molar-refractivity contribution in [2.75, 3.05) is 5.32 Å². The largest absolute Gasteiger partial charge is 0.366 e. The van der Waals surface area contributed by atoms with Crippen molar-refractivity contribution in [3.63, 3.8) is 0 Å². The molecule has 1 saturated carbocycles. The van der Waals surface area contributed by atoms with Gasteiger partial charge in [-0.05, 0) is 47.2 Å². The Morgan fingerprint density at radius 2 is 2.29 bits per heavy atom. The van der Waals surface area contributed by atoms with E-state index in [9.17, 15) is 0 Å². The van der Waals surface area contributed by atoms with Crippen LogP contribution in [0.5, 0.6) is 0 Å². The fourth-order valence-electron chi connectivity index (χ4n) is 2.50. The van der Waals surface area contributed by atoms with Crippen LogP contribution < -0.4 is 5.32 Å². The van der Waals surface area contributed by atoms with Crippen LogP contribution in [0.4, 0.5) is 5.82 Å². The van der Waals surface area contributed by atoms with Crippen molar-refractivity contribution in [3.8, 4) is 0 Å². The van der Waals surface area contributed by atoms with Crippen molar-refractivity contribution in [2.45, 2.75) is 39.2 Å². The van der Waals surface area contributed by atoms with Crippen LogP contribution in [0.1, 0.15) is 33.1 Å². The van der Waals surface area contributed by atoms with E-state index in [-0.39, 0.29) is 0 Å². The Balaban J connectivity index is 1.76. The lowest BCUT2D eigenvalue weighted by Crippen LogP contribution is -2.19. The first-order valence-electron chi connectivity index (χ1n) is 5.94. The summed E-state index contributed by atoms with van der Waals surface area (Å²) in [4.78, 5) is 0. The number of fused-ring (bicyclic) bond motifs is 1. The van der Waals surface area contributed by atoms with Gasteiger partial charge in [-0.15, -0.1) is 14.8 Å². The Labute approximate surface area is 99.4 Å². The normalized spacial score (nSPS) is 23.1. The molecule has 3 rings (SSSR count). The third-order valence-corrected chi connectivity index (χ3v) is 3.39. The standard InChI is InChI=1S/C11H16N6/c1-11(2)6-5-8(7-11)12-9-3-4-10-13-15-16-17(10)14-9/h3-4,8H,5-7H2,1-2H3,(H,12,14). The molecular formula is C11H16N6. The molecule has 1 aliphatic carbocycles. The molecule has 2 aromatic rings. The molecule has 6 heteroatoms. The highest BCUT2D eigenvalue weighted by atomic mass is 15.6. The lowest BCUT2D eigenvalue weighted by atomic mass is 9.92. The zero-order valence-electron chi connectivity index (χ0n) is 10.1. The fourth-order valence-corrected chi connectivity index (χ4v) is 2.50. The number of anilines is 1. The van der Waals surface area contributed by atoms with E-state index >= 15 is 0 Å². The highest BCUT2D eigenvalue weighted by Gasteiger charge is 2.30. The maximum Gasteiger partial charge on any atom is 0.200 e. The van der Waals surface area contributed by atoms with Gasteiger partial charge in [0.05, 0.1) is 0 Å². The summed E-state index contributed by atoms with van der Waals surface area (Å²) in [5.41, 5.74) is 1.11. The summed E-state index contributed by atoms with van der Waals surface area (Å²) < 4.78 is 1.45. The van der Waals surface area contributed by atoms with Gasteiger partial charge in [0.15, 0.2) is 5.65 Å². The van der Waals surface area contributed by atoms with Crippen LogP contribution in [0, 0.1) is 5.41 Å². The molecule has 1 atom stereocenters. The van der Waals surface area contributed by atoms with E-state index in [2.05, 4.69) is 39.8 Å². The third kappa shape index (κ3) is 2.07. The van der Waals surface area contributed by atoms with E-state index in [1.54, 1.807) is 0 Å². The molecule has 0 radical (unpaired) electrons. The summed E-state index contributed by atoms with van der Waals surface area (Å²) in [6, 6.07) is 4.30. The second-order valence-electron chi connectivity index (χ2n) is 5.49. The molecule has 1 unspecified atom stereocenters. The molecule has 17 heavy (non-hydrogen) atoms. The maximum atomic E-state index is 4.32. The second kappa shape index (κ2) is 3.65. The predicted molar refractivity (Wildman–Crippen MR) is 63.6 cm³/mol. The Morgan fingerprint density at radius 3 is 3.06 bits per heavy atom. The quantitative estimate of drug-likeness (QED) is 0.850. The first-order chi connectivity index (χ1) is 8.12. The number of hydrogen-bond donors (Lipinski definition) is 1. The molecule has 2 heterocycles. The highest BCUT2D eigenvalue weighted by Crippen LogP contribution is 2.37. The molecule has 0 spiro atoms. The van der Waals surface area contributed by atoms with Crippen LogP contribution in [0.15, 0.2) is 12.1 Å². The summed E-state index contributed by atoms with van der Waals surface area (Å²) in [5, 5.41) is 19.0. The molecule has 90 valence electrons. The molecule has 0 aliphatic heterocycles. The molecule has 1 fully saturated rings. The molecule has 0 bridgehead atoms. The number of hydrogen-bond acceptors (Lipinski definition) is 5. The summed E-state index contributed by atoms with van der Waals surface area (Å²) in [6.07, 6.45) is 3.64. The highest BCUT2D eigenvalue weighted by molar-refractivity contribution is 5.42. The van der Waals surface area contributed by atoms with Crippen molar-refractivity contribution in [1.82, 2.24) is 25.3 Å².